The number of fused-ring (bicyclic) bond motifs is 1. The van der Waals surface area contributed by atoms with Crippen molar-refractivity contribution in [3.8, 4) is 11.8 Å². The summed E-state index contributed by atoms with van der Waals surface area (Å²) in [5, 5.41) is 27.4. The lowest BCUT2D eigenvalue weighted by atomic mass is 9.80. The monoisotopic (exact) mass is 486 g/mol. The molecule has 3 heterocycles. The Balaban J connectivity index is 1.52. The minimum Gasteiger partial charge on any atom is -0.390 e. The summed E-state index contributed by atoms with van der Waals surface area (Å²) >= 11 is 7.37. The van der Waals surface area contributed by atoms with Crippen molar-refractivity contribution in [3.63, 3.8) is 0 Å². The van der Waals surface area contributed by atoms with E-state index in [0.29, 0.717) is 46.0 Å². The predicted molar refractivity (Wildman–Crippen MR) is 125 cm³/mol. The zero-order valence-electron chi connectivity index (χ0n) is 17.8. The van der Waals surface area contributed by atoms with Gasteiger partial charge in [-0.15, -0.1) is 11.3 Å². The number of anilines is 1. The maximum atomic E-state index is 12.1. The summed E-state index contributed by atoms with van der Waals surface area (Å²) in [6.07, 6.45) is 2.34. The quantitative estimate of drug-likeness (QED) is 0.415. The highest BCUT2D eigenvalue weighted by molar-refractivity contribution is 7.16. The summed E-state index contributed by atoms with van der Waals surface area (Å²) in [7, 11) is 1.52. The number of carbonyl (C=O) groups is 1. The van der Waals surface area contributed by atoms with E-state index >= 15 is 0 Å². The average molecular weight is 487 g/mol. The number of halogens is 1. The number of hydrogen-bond donors (Lipinski definition) is 4. The number of nitrogens with one attached hydrogen (secondary N) is 2. The van der Waals surface area contributed by atoms with Crippen LogP contribution in [0.25, 0.3) is 11.2 Å². The van der Waals surface area contributed by atoms with E-state index in [1.54, 1.807) is 17.0 Å². The van der Waals surface area contributed by atoms with Crippen molar-refractivity contribution in [1.29, 1.82) is 0 Å². The Morgan fingerprint density at radius 2 is 2.00 bits per heavy atom. The predicted octanol–water partition coefficient (Wildman–Crippen LogP) is 1.93. The Kier molecular flexibility index (Phi) is 5.97. The van der Waals surface area contributed by atoms with Crippen LogP contribution in [0.5, 0.6) is 0 Å². The van der Waals surface area contributed by atoms with Crippen LogP contribution in [0.2, 0.25) is 4.34 Å². The van der Waals surface area contributed by atoms with E-state index in [2.05, 4.69) is 37.4 Å². The summed E-state index contributed by atoms with van der Waals surface area (Å²) in [6.45, 7) is 0. The second-order valence-electron chi connectivity index (χ2n) is 8.34. The van der Waals surface area contributed by atoms with Gasteiger partial charge in [0.05, 0.1) is 33.6 Å². The summed E-state index contributed by atoms with van der Waals surface area (Å²) in [6, 6.07) is 3.50. The summed E-state index contributed by atoms with van der Waals surface area (Å²) in [4.78, 5) is 26.6. The molecule has 0 aromatic carbocycles. The number of nitrogens with zero attached hydrogens (tertiary/aromatic N) is 4. The fourth-order valence-electron chi connectivity index (χ4n) is 4.17. The lowest BCUT2D eigenvalue weighted by Gasteiger charge is -2.37. The van der Waals surface area contributed by atoms with Gasteiger partial charge >= 0.3 is 0 Å². The fraction of sp³-hybridized carbons (Fsp3) is 0.455. The number of aromatic nitrogens is 4. The van der Waals surface area contributed by atoms with Gasteiger partial charge in [0.15, 0.2) is 17.0 Å². The molecule has 0 saturated heterocycles. The number of aliphatic hydroxyl groups excluding tert-OH is 2. The fourth-order valence-corrected chi connectivity index (χ4v) is 5.07. The third-order valence-electron chi connectivity index (χ3n) is 6.08. The van der Waals surface area contributed by atoms with E-state index in [4.69, 9.17) is 11.6 Å². The van der Waals surface area contributed by atoms with Crippen LogP contribution in [0.3, 0.4) is 0 Å². The maximum absolute atomic E-state index is 12.1. The van der Waals surface area contributed by atoms with Crippen LogP contribution in [-0.4, -0.2) is 60.9 Å². The van der Waals surface area contributed by atoms with Crippen molar-refractivity contribution in [2.75, 3.05) is 12.4 Å². The van der Waals surface area contributed by atoms with Crippen LogP contribution in [0.1, 0.15) is 42.4 Å². The first-order chi connectivity index (χ1) is 15.9. The Morgan fingerprint density at radius 1 is 1.18 bits per heavy atom. The van der Waals surface area contributed by atoms with Gasteiger partial charge in [-0.2, -0.15) is 0 Å². The van der Waals surface area contributed by atoms with Gasteiger partial charge in [0, 0.05) is 13.1 Å². The van der Waals surface area contributed by atoms with Gasteiger partial charge in [0.25, 0.3) is 0 Å². The van der Waals surface area contributed by atoms with Gasteiger partial charge in [-0.1, -0.05) is 11.6 Å². The highest BCUT2D eigenvalue weighted by Gasteiger charge is 2.42. The molecule has 4 unspecified atom stereocenters. The molecule has 0 spiro atoms. The van der Waals surface area contributed by atoms with E-state index in [1.165, 1.54) is 18.4 Å². The molecule has 33 heavy (non-hydrogen) atoms. The van der Waals surface area contributed by atoms with Crippen molar-refractivity contribution in [3.05, 3.63) is 33.5 Å². The number of hydrogen-bond acceptors (Lipinski definition) is 8. The van der Waals surface area contributed by atoms with Crippen LogP contribution in [-0.2, 0) is 4.79 Å². The van der Waals surface area contributed by atoms with Gasteiger partial charge in [-0.25, -0.2) is 15.0 Å². The molecule has 2 fully saturated rings. The number of thiophene rings is 1. The minimum absolute atomic E-state index is 0.278. The van der Waals surface area contributed by atoms with Gasteiger partial charge in [0.1, 0.15) is 6.10 Å². The summed E-state index contributed by atoms with van der Waals surface area (Å²) in [5.41, 5.74) is 1.11. The molecule has 2 aliphatic rings. The molecule has 4 N–H and O–H groups in total. The molecule has 0 aliphatic heterocycles. The first-order valence-corrected chi connectivity index (χ1v) is 12.0. The van der Waals surface area contributed by atoms with Crippen LogP contribution in [0.4, 0.5) is 5.82 Å². The molecular weight excluding hydrogens is 464 g/mol. The lowest BCUT2D eigenvalue weighted by Crippen LogP contribution is -2.49. The Hall–Kier alpha value is -2.71. The van der Waals surface area contributed by atoms with E-state index in [-0.39, 0.29) is 5.91 Å². The van der Waals surface area contributed by atoms with Crippen molar-refractivity contribution in [2.24, 2.45) is 5.92 Å². The largest absolute Gasteiger partial charge is 0.390 e. The van der Waals surface area contributed by atoms with Crippen molar-refractivity contribution < 1.29 is 15.0 Å². The lowest BCUT2D eigenvalue weighted by molar-refractivity contribution is -0.137. The van der Waals surface area contributed by atoms with Crippen LogP contribution in [0, 0.1) is 17.8 Å². The van der Waals surface area contributed by atoms with E-state index < -0.39 is 24.2 Å². The molecule has 2 saturated carbocycles. The van der Waals surface area contributed by atoms with E-state index in [0.717, 1.165) is 17.7 Å². The van der Waals surface area contributed by atoms with Gasteiger partial charge < -0.3 is 25.4 Å². The van der Waals surface area contributed by atoms with Crippen LogP contribution < -0.4 is 10.6 Å². The molecule has 172 valence electrons. The molecule has 3 aromatic heterocycles. The highest BCUT2D eigenvalue weighted by Crippen LogP contribution is 2.36. The average Bonchev–Trinajstić information content (AvgIpc) is 3.36. The van der Waals surface area contributed by atoms with Gasteiger partial charge in [-0.05, 0) is 49.7 Å². The zero-order chi connectivity index (χ0) is 23.1. The zero-order valence-corrected chi connectivity index (χ0v) is 19.4. The van der Waals surface area contributed by atoms with Crippen LogP contribution >= 0.6 is 22.9 Å². The first kappa shape index (κ1) is 22.1. The first-order valence-electron chi connectivity index (χ1n) is 10.8. The maximum Gasteiger partial charge on any atom is 0.225 e. The Labute approximate surface area is 199 Å². The molecule has 5 rings (SSSR count). The second kappa shape index (κ2) is 8.91. The standard InChI is InChI=1S/C22H23ClN6O3S/c1-24-22(32)13-6-7-14(19(31)18(13)30)29-10-25-17-20(26-11-2-3-11)27-16(28-21(17)29)9-5-12-4-8-15(23)33-12/h4,8,10-11,13-14,18-19,30-31H,2-3,6-7H2,1H3,(H,24,32)(H,26,27,28). The van der Waals surface area contributed by atoms with Gasteiger partial charge in [-0.3, -0.25) is 4.79 Å². The Bertz CT molecular complexity index is 1260. The topological polar surface area (TPSA) is 125 Å². The molecule has 4 atom stereocenters. The van der Waals surface area contributed by atoms with Crippen LogP contribution in [0.15, 0.2) is 18.5 Å². The SMILES string of the molecule is CNC(=O)C1CCC(n2cnc3c(NC4CC4)nc(C#Cc4ccc(Cl)s4)nc32)C(O)C1O. The van der Waals surface area contributed by atoms with Crippen molar-refractivity contribution in [2.45, 2.75) is 50.0 Å². The normalized spacial score (nSPS) is 24.8. The van der Waals surface area contributed by atoms with E-state index in [9.17, 15) is 15.0 Å². The molecule has 11 heteroatoms. The number of aliphatic hydroxyl groups is 2. The van der Waals surface area contributed by atoms with E-state index in [1.807, 2.05) is 6.07 Å². The number of rotatable bonds is 4. The molecular formula is C22H23ClN6O3S. The van der Waals surface area contributed by atoms with Crippen molar-refractivity contribution >= 4 is 45.8 Å². The third-order valence-corrected chi connectivity index (χ3v) is 7.23. The molecule has 3 aromatic rings. The molecule has 9 nitrogen and oxygen atoms in total. The van der Waals surface area contributed by atoms with Gasteiger partial charge in [0.2, 0.25) is 11.7 Å². The van der Waals surface area contributed by atoms with Crippen molar-refractivity contribution in [1.82, 2.24) is 24.8 Å². The molecule has 1 amide bonds. The smallest absolute Gasteiger partial charge is 0.225 e. The number of carbonyl (C=O) groups excluding carboxylic acids is 1. The number of imidazole rings is 1. The minimum atomic E-state index is -1.19. The molecule has 2 aliphatic carbocycles. The molecule has 0 bridgehead atoms. The summed E-state index contributed by atoms with van der Waals surface area (Å²) in [5.74, 6) is 6.04. The summed E-state index contributed by atoms with van der Waals surface area (Å²) < 4.78 is 2.42. The highest BCUT2D eigenvalue weighted by atomic mass is 35.5. The Morgan fingerprint density at radius 3 is 2.70 bits per heavy atom. The second-order valence-corrected chi connectivity index (χ2v) is 10.1. The third kappa shape index (κ3) is 4.42. The molecule has 0 radical (unpaired) electrons. The number of amides is 1.